The van der Waals surface area contributed by atoms with E-state index in [0.717, 1.165) is 31.8 Å². The molecule has 0 saturated carbocycles. The van der Waals surface area contributed by atoms with Crippen LogP contribution in [-0.2, 0) is 38.4 Å². The number of hydrogen-bond acceptors (Lipinski definition) is 10. The van der Waals surface area contributed by atoms with Crippen molar-refractivity contribution in [1.82, 2.24) is 44.9 Å². The summed E-state index contributed by atoms with van der Waals surface area (Å²) in [7, 11) is 0. The maximum absolute atomic E-state index is 14.6. The summed E-state index contributed by atoms with van der Waals surface area (Å²) in [4.78, 5) is 66.3. The van der Waals surface area contributed by atoms with Gasteiger partial charge in [0.25, 0.3) is 5.91 Å². The summed E-state index contributed by atoms with van der Waals surface area (Å²) in [5.74, 6) is -1.47. The highest BCUT2D eigenvalue weighted by atomic mass is 19.4. The van der Waals surface area contributed by atoms with Crippen LogP contribution in [0.1, 0.15) is 79.9 Å². The van der Waals surface area contributed by atoms with Gasteiger partial charge in [0.05, 0.1) is 43.3 Å². The van der Waals surface area contributed by atoms with E-state index in [-0.39, 0.29) is 97.4 Å². The third kappa shape index (κ3) is 10.3. The number of amides is 4. The predicted molar refractivity (Wildman–Crippen MR) is 215 cm³/mol. The number of carbonyl (C=O) groups is 4. The number of piperidine rings is 2. The number of nitrogens with one attached hydrogen (secondary N) is 1. The molecule has 6 bridgehead atoms. The Labute approximate surface area is 352 Å². The number of nitrogens with zero attached hydrogens (tertiary/aromatic N) is 8. The van der Waals surface area contributed by atoms with Gasteiger partial charge in [-0.2, -0.15) is 13.2 Å². The second-order valence-corrected chi connectivity index (χ2v) is 17.1. The first kappa shape index (κ1) is 42.6. The fourth-order valence-electron chi connectivity index (χ4n) is 9.54. The molecule has 5 atom stereocenters. The minimum atomic E-state index is -4.69. The summed E-state index contributed by atoms with van der Waals surface area (Å²) in [5, 5.41) is 11.5. The number of carbonyl (C=O) groups excluding carboxylic acids is 4. The van der Waals surface area contributed by atoms with Crippen LogP contribution in [0.5, 0.6) is 5.88 Å². The maximum atomic E-state index is 14.6. The molecule has 5 aliphatic heterocycles. The normalized spacial score (nSPS) is 25.0. The largest absolute Gasteiger partial charge is 0.478 e. The lowest BCUT2D eigenvalue weighted by Crippen LogP contribution is -2.52. The molecule has 7 heterocycles. The molecule has 4 amide bonds. The van der Waals surface area contributed by atoms with E-state index in [1.165, 1.54) is 37.2 Å². The van der Waals surface area contributed by atoms with Crippen molar-refractivity contribution in [2.75, 3.05) is 59.0 Å². The Morgan fingerprint density at radius 2 is 1.77 bits per heavy atom. The summed E-state index contributed by atoms with van der Waals surface area (Å²) in [6.07, 6.45) is 2.31. The highest BCUT2D eigenvalue weighted by Gasteiger charge is 2.45. The zero-order valence-corrected chi connectivity index (χ0v) is 34.5. The zero-order chi connectivity index (χ0) is 42.7. The Kier molecular flexibility index (Phi) is 12.9. The molecule has 5 aliphatic rings. The Hall–Kier alpha value is -5.10. The number of alkyl halides is 3. The first-order valence-electron chi connectivity index (χ1n) is 21.6. The molecule has 0 radical (unpaired) electrons. The Morgan fingerprint density at radius 3 is 2.57 bits per heavy atom. The van der Waals surface area contributed by atoms with Gasteiger partial charge in [-0.25, -0.2) is 4.98 Å². The number of fused-ring (bicyclic) bond motifs is 8. The van der Waals surface area contributed by atoms with E-state index in [1.54, 1.807) is 28.0 Å². The number of ether oxygens (including phenoxy) is 2. The van der Waals surface area contributed by atoms with Crippen molar-refractivity contribution >= 4 is 23.6 Å². The van der Waals surface area contributed by atoms with Gasteiger partial charge in [0.2, 0.25) is 23.6 Å². The highest BCUT2D eigenvalue weighted by Crippen LogP contribution is 2.37. The van der Waals surface area contributed by atoms with E-state index < -0.39 is 29.8 Å². The van der Waals surface area contributed by atoms with Crippen LogP contribution < -0.4 is 10.1 Å². The third-order valence-corrected chi connectivity index (χ3v) is 12.8. The molecule has 0 aliphatic carbocycles. The first-order chi connectivity index (χ1) is 29.4. The van der Waals surface area contributed by atoms with Crippen LogP contribution in [0.15, 0.2) is 42.6 Å². The monoisotopic (exact) mass is 849 g/mol. The molecule has 0 spiro atoms. The molecule has 15 nitrogen and oxygen atoms in total. The van der Waals surface area contributed by atoms with E-state index in [0.29, 0.717) is 51.1 Å². The minimum absolute atomic E-state index is 0.00628. The summed E-state index contributed by atoms with van der Waals surface area (Å²) in [5.41, 5.74) is 0.168. The van der Waals surface area contributed by atoms with Crippen molar-refractivity contribution in [3.63, 3.8) is 0 Å². The second kappa shape index (κ2) is 18.5. The van der Waals surface area contributed by atoms with Crippen molar-refractivity contribution in [1.29, 1.82) is 0 Å². The average Bonchev–Trinajstić information content (AvgIpc) is 4.02. The lowest BCUT2D eigenvalue weighted by molar-refractivity contribution is -0.139. The molecule has 3 aromatic rings. The number of benzene rings is 1. The van der Waals surface area contributed by atoms with Crippen molar-refractivity contribution in [2.24, 2.45) is 11.8 Å². The van der Waals surface area contributed by atoms with Gasteiger partial charge >= 0.3 is 6.18 Å². The fraction of sp³-hybridized carbons (Fsp3) is 0.605. The van der Waals surface area contributed by atoms with E-state index >= 15 is 0 Å². The Morgan fingerprint density at radius 1 is 0.951 bits per heavy atom. The number of rotatable bonds is 9. The van der Waals surface area contributed by atoms with Gasteiger partial charge in [0.1, 0.15) is 11.7 Å². The molecular formula is C43H54F3N9O6. The minimum Gasteiger partial charge on any atom is -0.478 e. The summed E-state index contributed by atoms with van der Waals surface area (Å²) < 4.78 is 56.7. The predicted octanol–water partition coefficient (Wildman–Crippen LogP) is 4.02. The standard InChI is InChI=1S/C43H54F3N9O6/c1-28(56)47-34-9-14-52(24-34)40(57)19-29-8-13-53-23-32(29)10-17-60-39-21-33(43(44,45)46)20-37(48-39)30-6-5-7-31(18-30)41(58)55-26-36(22-38(55)42(53)59)61-27-35-25-54(50-49-35)16-15-51-11-3-2-4-12-51/h5-7,18,20-21,25,29,32,34,36,38H,2-4,8-17,19,22-24,26-27H2,1H3,(H,47,56)/t29-,32-,34+,36+,38-/m0/s1. The van der Waals surface area contributed by atoms with Crippen LogP contribution >= 0.6 is 0 Å². The van der Waals surface area contributed by atoms with Gasteiger partial charge in [-0.15, -0.1) is 5.10 Å². The van der Waals surface area contributed by atoms with Gasteiger partial charge in [-0.1, -0.05) is 23.8 Å². The summed E-state index contributed by atoms with van der Waals surface area (Å²) in [6, 6.07) is 7.07. The number of pyridine rings is 1. The van der Waals surface area contributed by atoms with E-state index in [9.17, 15) is 32.3 Å². The first-order valence-corrected chi connectivity index (χ1v) is 21.6. The number of likely N-dealkylation sites (tertiary alicyclic amines) is 2. The molecule has 4 saturated heterocycles. The topological polar surface area (TPSA) is 155 Å². The van der Waals surface area contributed by atoms with Crippen molar-refractivity contribution in [3.05, 3.63) is 59.4 Å². The van der Waals surface area contributed by atoms with Crippen LogP contribution in [0.3, 0.4) is 0 Å². The molecule has 18 heteroatoms. The summed E-state index contributed by atoms with van der Waals surface area (Å²) >= 11 is 0. The van der Waals surface area contributed by atoms with Crippen LogP contribution in [-0.4, -0.2) is 140 Å². The van der Waals surface area contributed by atoms with E-state index in [2.05, 4.69) is 25.5 Å². The molecular weight excluding hydrogens is 796 g/mol. The average molecular weight is 850 g/mol. The van der Waals surface area contributed by atoms with Crippen molar-refractivity contribution in [3.8, 4) is 17.1 Å². The molecule has 8 rings (SSSR count). The number of halogens is 3. The molecule has 1 aromatic carbocycles. The van der Waals surface area contributed by atoms with Crippen molar-refractivity contribution in [2.45, 2.75) is 95.8 Å². The lowest BCUT2D eigenvalue weighted by atomic mass is 9.80. The van der Waals surface area contributed by atoms with E-state index in [1.807, 2.05) is 10.9 Å². The van der Waals surface area contributed by atoms with Gasteiger partial charge in [-0.3, -0.25) is 23.9 Å². The Bertz CT molecular complexity index is 2080. The zero-order valence-electron chi connectivity index (χ0n) is 34.5. The van der Waals surface area contributed by atoms with Gasteiger partial charge in [-0.05, 0) is 75.2 Å². The molecule has 1 N–H and O–H groups in total. The lowest BCUT2D eigenvalue weighted by Gasteiger charge is -2.40. The third-order valence-electron chi connectivity index (χ3n) is 12.8. The maximum Gasteiger partial charge on any atom is 0.416 e. The molecule has 61 heavy (non-hydrogen) atoms. The number of hydrogen-bond donors (Lipinski definition) is 1. The molecule has 328 valence electrons. The van der Waals surface area contributed by atoms with Crippen LogP contribution in [0.25, 0.3) is 11.3 Å². The van der Waals surface area contributed by atoms with Crippen LogP contribution in [0.4, 0.5) is 13.2 Å². The SMILES string of the molecule is CC(=O)N[C@@H]1CCN(C(=O)C[C@@H]2CCN3C[C@@H]2CCOc2cc(C(F)(F)F)cc(n2)-c2cccc(c2)C(=O)N2C[C@H](OCc4cn(CCN5CCCCC5)nn4)C[C@H]2C3=O)C1. The highest BCUT2D eigenvalue weighted by molar-refractivity contribution is 5.99. The summed E-state index contributed by atoms with van der Waals surface area (Å²) in [6.45, 7) is 7.06. The van der Waals surface area contributed by atoms with Crippen LogP contribution in [0.2, 0.25) is 0 Å². The Balaban J connectivity index is 1.03. The van der Waals surface area contributed by atoms with Crippen LogP contribution in [0, 0.1) is 11.8 Å². The number of aromatic nitrogens is 4. The van der Waals surface area contributed by atoms with Gasteiger partial charge in [0, 0.05) is 82.3 Å². The fourth-order valence-corrected chi connectivity index (χ4v) is 9.54. The van der Waals surface area contributed by atoms with Crippen molar-refractivity contribution < 1.29 is 41.8 Å². The van der Waals surface area contributed by atoms with E-state index in [4.69, 9.17) is 9.47 Å². The van der Waals surface area contributed by atoms with Gasteiger partial charge < -0.3 is 34.4 Å². The van der Waals surface area contributed by atoms with Gasteiger partial charge in [0.15, 0.2) is 0 Å². The molecule has 0 unspecified atom stereocenters. The smallest absolute Gasteiger partial charge is 0.416 e. The molecule has 2 aromatic heterocycles. The molecule has 4 fully saturated rings. The quantitative estimate of drug-likeness (QED) is 0.334. The second-order valence-electron chi connectivity index (χ2n) is 17.1.